The van der Waals surface area contributed by atoms with Crippen molar-refractivity contribution in [2.24, 2.45) is 0 Å². The van der Waals surface area contributed by atoms with E-state index in [-0.39, 0.29) is 0 Å². The van der Waals surface area contributed by atoms with Crippen molar-refractivity contribution in [3.63, 3.8) is 0 Å². The Bertz CT molecular complexity index is 1560. The molecule has 0 bridgehead atoms. The molecule has 4 aromatic carbocycles. The smallest absolute Gasteiger partial charge is 0.366 e. The van der Waals surface area contributed by atoms with Crippen molar-refractivity contribution in [3.8, 4) is 11.1 Å². The second kappa shape index (κ2) is 9.00. The molecule has 1 aromatic heterocycles. The van der Waals surface area contributed by atoms with Crippen LogP contribution in [0.4, 0.5) is 5.69 Å². The first-order valence-corrected chi connectivity index (χ1v) is 11.1. The van der Waals surface area contributed by atoms with Crippen molar-refractivity contribution < 1.29 is 14.4 Å². The number of aliphatic hydroxyl groups is 1. The monoisotopic (exact) mass is 462 g/mol. The molecule has 1 heterocycles. The molecule has 5 rings (SSSR count). The summed E-state index contributed by atoms with van der Waals surface area (Å²) in [5.41, 5.74) is 1.32. The number of fused-ring (bicyclic) bond motifs is 1. The summed E-state index contributed by atoms with van der Waals surface area (Å²) in [7, 11) is 0. The predicted molar refractivity (Wildman–Crippen MR) is 135 cm³/mol. The Labute approximate surface area is 201 Å². The predicted octanol–water partition coefficient (Wildman–Crippen LogP) is 5.04. The minimum atomic E-state index is -1.95. The highest BCUT2D eigenvalue weighted by molar-refractivity contribution is 6.02. The third-order valence-electron chi connectivity index (χ3n) is 6.08. The topological polar surface area (TPSA) is 92.4 Å². The van der Waals surface area contributed by atoms with Crippen molar-refractivity contribution in [1.82, 2.24) is 5.16 Å². The van der Waals surface area contributed by atoms with E-state index in [0.717, 1.165) is 11.1 Å². The van der Waals surface area contributed by atoms with Crippen LogP contribution in [-0.4, -0.2) is 16.2 Å². The maximum Gasteiger partial charge on any atom is 0.366 e. The number of anilines is 1. The number of carbonyl (C=O) groups excluding carboxylic acids is 1. The second-order valence-electron chi connectivity index (χ2n) is 8.29. The lowest BCUT2D eigenvalue weighted by Gasteiger charge is -2.28. The van der Waals surface area contributed by atoms with Gasteiger partial charge in [0.05, 0.1) is 11.1 Å². The van der Waals surface area contributed by atoms with Crippen LogP contribution in [0, 0.1) is 6.92 Å². The molecule has 6 heteroatoms. The number of amides is 1. The fraction of sp³-hybridized carbons (Fsp3) is 0.0690. The highest BCUT2D eigenvalue weighted by Gasteiger charge is 2.40. The van der Waals surface area contributed by atoms with Crippen LogP contribution < -0.4 is 10.9 Å². The van der Waals surface area contributed by atoms with Crippen molar-refractivity contribution in [2.75, 3.05) is 5.32 Å². The van der Waals surface area contributed by atoms with Crippen molar-refractivity contribution in [1.29, 1.82) is 0 Å². The number of nitrogens with one attached hydrogen (secondary N) is 1. The van der Waals surface area contributed by atoms with Crippen molar-refractivity contribution in [3.05, 3.63) is 130 Å². The van der Waals surface area contributed by atoms with Crippen LogP contribution in [0.1, 0.15) is 16.8 Å². The molecule has 0 spiro atoms. The van der Waals surface area contributed by atoms with Gasteiger partial charge in [-0.25, -0.2) is 4.79 Å². The van der Waals surface area contributed by atoms with E-state index in [1.54, 1.807) is 61.5 Å². The summed E-state index contributed by atoms with van der Waals surface area (Å²) < 4.78 is 4.77. The lowest BCUT2D eigenvalue weighted by atomic mass is 9.84. The maximum absolute atomic E-state index is 13.6. The Balaban J connectivity index is 1.54. The SMILES string of the molecule is Cc1noc(=O)c2ccc(NC(=O)C(O)(c3ccccc3)c3ccc(-c4ccccc4)cc3)cc12. The van der Waals surface area contributed by atoms with E-state index in [1.165, 1.54) is 0 Å². The van der Waals surface area contributed by atoms with Gasteiger partial charge in [0.15, 0.2) is 5.60 Å². The molecule has 0 saturated heterocycles. The van der Waals surface area contributed by atoms with E-state index in [0.29, 0.717) is 33.3 Å². The molecule has 2 N–H and O–H groups in total. The molecule has 0 aliphatic heterocycles. The van der Waals surface area contributed by atoms with Gasteiger partial charge in [-0.1, -0.05) is 90.1 Å². The van der Waals surface area contributed by atoms with Gasteiger partial charge in [-0.05, 0) is 47.4 Å². The number of hydrogen-bond donors (Lipinski definition) is 2. The lowest BCUT2D eigenvalue weighted by Crippen LogP contribution is -2.41. The molecule has 1 unspecified atom stereocenters. The summed E-state index contributed by atoms with van der Waals surface area (Å²) in [5, 5.41) is 19.4. The van der Waals surface area contributed by atoms with E-state index in [1.807, 2.05) is 48.5 Å². The van der Waals surface area contributed by atoms with Crippen LogP contribution in [-0.2, 0) is 10.4 Å². The Morgan fingerprint density at radius 3 is 2.09 bits per heavy atom. The third-order valence-corrected chi connectivity index (χ3v) is 6.08. The van der Waals surface area contributed by atoms with Crippen LogP contribution in [0.5, 0.6) is 0 Å². The molecule has 35 heavy (non-hydrogen) atoms. The molecular formula is C29H22N2O4. The lowest BCUT2D eigenvalue weighted by molar-refractivity contribution is -0.131. The van der Waals surface area contributed by atoms with Crippen LogP contribution in [0.2, 0.25) is 0 Å². The second-order valence-corrected chi connectivity index (χ2v) is 8.29. The average molecular weight is 463 g/mol. The van der Waals surface area contributed by atoms with E-state index in [9.17, 15) is 14.7 Å². The van der Waals surface area contributed by atoms with Crippen LogP contribution in [0.15, 0.2) is 112 Å². The number of benzene rings is 4. The molecule has 0 radical (unpaired) electrons. The average Bonchev–Trinajstić information content (AvgIpc) is 2.91. The summed E-state index contributed by atoms with van der Waals surface area (Å²) in [6, 6.07) is 30.8. The van der Waals surface area contributed by atoms with Crippen LogP contribution in [0.3, 0.4) is 0 Å². The number of carbonyl (C=O) groups is 1. The molecular weight excluding hydrogens is 440 g/mol. The first-order chi connectivity index (χ1) is 17.0. The van der Waals surface area contributed by atoms with Crippen molar-refractivity contribution in [2.45, 2.75) is 12.5 Å². The highest BCUT2D eigenvalue weighted by atomic mass is 16.5. The summed E-state index contributed by atoms with van der Waals surface area (Å²) in [5.74, 6) is -0.621. The molecule has 1 atom stereocenters. The highest BCUT2D eigenvalue weighted by Crippen LogP contribution is 2.33. The van der Waals surface area contributed by atoms with Gasteiger partial charge in [0.1, 0.15) is 0 Å². The molecule has 0 saturated carbocycles. The Morgan fingerprint density at radius 1 is 0.800 bits per heavy atom. The zero-order chi connectivity index (χ0) is 24.4. The molecule has 0 aliphatic carbocycles. The van der Waals surface area contributed by atoms with Crippen LogP contribution in [0.25, 0.3) is 21.9 Å². The Hall–Kier alpha value is -4.55. The van der Waals surface area contributed by atoms with Gasteiger partial charge in [-0.2, -0.15) is 0 Å². The normalized spacial score (nSPS) is 12.7. The summed E-state index contributed by atoms with van der Waals surface area (Å²) in [6.07, 6.45) is 0. The zero-order valence-corrected chi connectivity index (χ0v) is 18.9. The number of aromatic nitrogens is 1. The first-order valence-electron chi connectivity index (χ1n) is 11.1. The summed E-state index contributed by atoms with van der Waals surface area (Å²) >= 11 is 0. The number of aryl methyl sites for hydroxylation is 1. The van der Waals surface area contributed by atoms with Crippen molar-refractivity contribution >= 4 is 22.4 Å². The Morgan fingerprint density at radius 2 is 1.40 bits per heavy atom. The van der Waals surface area contributed by atoms with E-state index in [2.05, 4.69) is 10.5 Å². The molecule has 0 fully saturated rings. The quantitative estimate of drug-likeness (QED) is 0.382. The summed E-state index contributed by atoms with van der Waals surface area (Å²) in [4.78, 5) is 25.6. The van der Waals surface area contributed by atoms with Gasteiger partial charge in [0.25, 0.3) is 5.91 Å². The number of nitrogens with zero attached hydrogens (tertiary/aromatic N) is 1. The minimum absolute atomic E-state index is 0.366. The van der Waals surface area contributed by atoms with E-state index in [4.69, 9.17) is 4.52 Å². The van der Waals surface area contributed by atoms with Gasteiger partial charge < -0.3 is 14.9 Å². The standard InChI is InChI=1S/C29H22N2O4/c1-19-26-18-24(16-17-25(26)27(32)35-31-19)30-28(33)29(34,22-10-6-3-7-11-22)23-14-12-21(13-15-23)20-8-4-2-5-9-20/h2-18,34H,1H3,(H,30,33). The zero-order valence-electron chi connectivity index (χ0n) is 18.9. The fourth-order valence-corrected chi connectivity index (χ4v) is 4.17. The summed E-state index contributed by atoms with van der Waals surface area (Å²) in [6.45, 7) is 1.71. The number of hydrogen-bond acceptors (Lipinski definition) is 5. The molecule has 172 valence electrons. The molecule has 6 nitrogen and oxygen atoms in total. The number of rotatable bonds is 5. The van der Waals surface area contributed by atoms with Crippen LogP contribution >= 0.6 is 0 Å². The van der Waals surface area contributed by atoms with Gasteiger partial charge in [0.2, 0.25) is 0 Å². The molecule has 1 amide bonds. The Kier molecular flexibility index (Phi) is 5.73. The van der Waals surface area contributed by atoms with Gasteiger partial charge in [-0.15, -0.1) is 0 Å². The first kappa shape index (κ1) is 22.3. The van der Waals surface area contributed by atoms with Gasteiger partial charge >= 0.3 is 5.63 Å². The van der Waals surface area contributed by atoms with Gasteiger partial charge in [0, 0.05) is 11.1 Å². The molecule has 5 aromatic rings. The van der Waals surface area contributed by atoms with E-state index < -0.39 is 17.1 Å². The van der Waals surface area contributed by atoms with E-state index >= 15 is 0 Å². The maximum atomic E-state index is 13.6. The largest absolute Gasteiger partial charge is 0.372 e. The molecule has 0 aliphatic rings. The fourth-order valence-electron chi connectivity index (χ4n) is 4.17. The third kappa shape index (κ3) is 4.11. The van der Waals surface area contributed by atoms with Gasteiger partial charge in [-0.3, -0.25) is 4.79 Å². The minimum Gasteiger partial charge on any atom is -0.372 e.